The predicted molar refractivity (Wildman–Crippen MR) is 112 cm³/mol. The zero-order chi connectivity index (χ0) is 21.9. The van der Waals surface area contributed by atoms with Gasteiger partial charge in [0, 0.05) is 26.2 Å². The second kappa shape index (κ2) is 11.8. The van der Waals surface area contributed by atoms with Crippen LogP contribution in [0.1, 0.15) is 32.3 Å². The van der Waals surface area contributed by atoms with E-state index < -0.39 is 5.91 Å². The molecule has 0 aliphatic carbocycles. The summed E-state index contributed by atoms with van der Waals surface area (Å²) in [7, 11) is 1.49. The SMILES string of the molecule is CCN(CC)C(=O)COc1ccc(/C=C(\C#N)C(=O)NC[C@@H]2CCCO2)cc1OC. The number of hydrogen-bond donors (Lipinski definition) is 1. The number of carbonyl (C=O) groups is 2. The lowest BCUT2D eigenvalue weighted by Gasteiger charge is -2.19. The smallest absolute Gasteiger partial charge is 0.262 e. The summed E-state index contributed by atoms with van der Waals surface area (Å²) in [5.74, 6) is 0.266. The van der Waals surface area contributed by atoms with Crippen molar-refractivity contribution in [3.05, 3.63) is 29.3 Å². The number of carbonyl (C=O) groups excluding carboxylic acids is 2. The Morgan fingerprint density at radius 2 is 2.10 bits per heavy atom. The molecule has 1 heterocycles. The van der Waals surface area contributed by atoms with Crippen LogP contribution in [0, 0.1) is 11.3 Å². The Hall–Kier alpha value is -3.05. The third-order valence-electron chi connectivity index (χ3n) is 4.85. The molecule has 1 aromatic rings. The van der Waals surface area contributed by atoms with Gasteiger partial charge in [0.2, 0.25) is 0 Å². The highest BCUT2D eigenvalue weighted by Crippen LogP contribution is 2.29. The number of likely N-dealkylation sites (N-methyl/N-ethyl adjacent to an activating group) is 1. The molecule has 8 nitrogen and oxygen atoms in total. The Morgan fingerprint density at radius 1 is 1.33 bits per heavy atom. The molecule has 30 heavy (non-hydrogen) atoms. The minimum atomic E-state index is -0.447. The number of nitrogens with zero attached hydrogens (tertiary/aromatic N) is 2. The van der Waals surface area contributed by atoms with Gasteiger partial charge in [-0.05, 0) is 50.5 Å². The first-order chi connectivity index (χ1) is 14.5. The largest absolute Gasteiger partial charge is 0.493 e. The van der Waals surface area contributed by atoms with Crippen molar-refractivity contribution in [2.45, 2.75) is 32.8 Å². The number of hydrogen-bond acceptors (Lipinski definition) is 6. The van der Waals surface area contributed by atoms with E-state index in [1.54, 1.807) is 23.1 Å². The topological polar surface area (TPSA) is 101 Å². The highest BCUT2D eigenvalue weighted by atomic mass is 16.5. The molecule has 1 saturated heterocycles. The molecule has 1 aliphatic heterocycles. The molecule has 8 heteroatoms. The number of benzene rings is 1. The maximum Gasteiger partial charge on any atom is 0.262 e. The Bertz CT molecular complexity index is 805. The summed E-state index contributed by atoms with van der Waals surface area (Å²) >= 11 is 0. The lowest BCUT2D eigenvalue weighted by molar-refractivity contribution is -0.133. The summed E-state index contributed by atoms with van der Waals surface area (Å²) in [4.78, 5) is 26.1. The van der Waals surface area contributed by atoms with E-state index in [1.807, 2.05) is 19.9 Å². The molecule has 0 bridgehead atoms. The maximum absolute atomic E-state index is 12.3. The number of rotatable bonds is 10. The van der Waals surface area contributed by atoms with E-state index in [2.05, 4.69) is 5.32 Å². The van der Waals surface area contributed by atoms with E-state index in [0.29, 0.717) is 43.3 Å². The van der Waals surface area contributed by atoms with Gasteiger partial charge < -0.3 is 24.4 Å². The second-order valence-corrected chi connectivity index (χ2v) is 6.78. The van der Waals surface area contributed by atoms with Crippen LogP contribution in [0.15, 0.2) is 23.8 Å². The van der Waals surface area contributed by atoms with Crippen LogP contribution in [0.3, 0.4) is 0 Å². The normalized spacial score (nSPS) is 15.9. The number of methoxy groups -OCH3 is 1. The third-order valence-corrected chi connectivity index (χ3v) is 4.85. The molecule has 1 aromatic carbocycles. The third kappa shape index (κ3) is 6.49. The van der Waals surface area contributed by atoms with Gasteiger partial charge in [0.15, 0.2) is 18.1 Å². The van der Waals surface area contributed by atoms with Gasteiger partial charge in [-0.25, -0.2) is 0 Å². The van der Waals surface area contributed by atoms with Crippen LogP contribution < -0.4 is 14.8 Å². The van der Waals surface area contributed by atoms with Gasteiger partial charge in [-0.1, -0.05) is 6.07 Å². The van der Waals surface area contributed by atoms with Crippen LogP contribution in [0.2, 0.25) is 0 Å². The van der Waals surface area contributed by atoms with Crippen LogP contribution in [0.5, 0.6) is 11.5 Å². The van der Waals surface area contributed by atoms with E-state index in [0.717, 1.165) is 12.8 Å². The van der Waals surface area contributed by atoms with Crippen LogP contribution in [0.4, 0.5) is 0 Å². The summed E-state index contributed by atoms with van der Waals surface area (Å²) in [6.07, 6.45) is 3.37. The Morgan fingerprint density at radius 3 is 2.70 bits per heavy atom. The average molecular weight is 415 g/mol. The first-order valence-electron chi connectivity index (χ1n) is 10.1. The van der Waals surface area contributed by atoms with Gasteiger partial charge in [-0.3, -0.25) is 9.59 Å². The van der Waals surface area contributed by atoms with Crippen molar-refractivity contribution in [3.63, 3.8) is 0 Å². The molecule has 1 fully saturated rings. The zero-order valence-electron chi connectivity index (χ0n) is 17.8. The van der Waals surface area contributed by atoms with Crippen molar-refractivity contribution in [1.29, 1.82) is 5.26 Å². The molecule has 2 rings (SSSR count). The monoisotopic (exact) mass is 415 g/mol. The molecule has 2 amide bonds. The zero-order valence-corrected chi connectivity index (χ0v) is 17.8. The highest BCUT2D eigenvalue weighted by molar-refractivity contribution is 6.01. The van der Waals surface area contributed by atoms with Crippen molar-refractivity contribution in [2.75, 3.05) is 40.0 Å². The first kappa shape index (κ1) is 23.2. The van der Waals surface area contributed by atoms with Gasteiger partial charge in [0.1, 0.15) is 11.6 Å². The van der Waals surface area contributed by atoms with Crippen LogP contribution in [0.25, 0.3) is 6.08 Å². The van der Waals surface area contributed by atoms with Crippen molar-refractivity contribution < 1.29 is 23.8 Å². The van der Waals surface area contributed by atoms with Gasteiger partial charge >= 0.3 is 0 Å². The lowest BCUT2D eigenvalue weighted by Crippen LogP contribution is -2.34. The van der Waals surface area contributed by atoms with E-state index in [9.17, 15) is 14.9 Å². The fourth-order valence-corrected chi connectivity index (χ4v) is 3.12. The number of nitrogens with one attached hydrogen (secondary N) is 1. The molecular formula is C22H29N3O5. The average Bonchev–Trinajstić information content (AvgIpc) is 3.29. The second-order valence-electron chi connectivity index (χ2n) is 6.78. The molecule has 1 N–H and O–H groups in total. The number of amides is 2. The molecule has 0 spiro atoms. The van der Waals surface area contributed by atoms with Gasteiger partial charge in [-0.2, -0.15) is 5.26 Å². The minimum absolute atomic E-state index is 0.00414. The highest BCUT2D eigenvalue weighted by Gasteiger charge is 2.18. The minimum Gasteiger partial charge on any atom is -0.493 e. The van der Waals surface area contributed by atoms with E-state index >= 15 is 0 Å². The maximum atomic E-state index is 12.3. The molecule has 1 aliphatic rings. The van der Waals surface area contributed by atoms with E-state index in [4.69, 9.17) is 14.2 Å². The fourth-order valence-electron chi connectivity index (χ4n) is 3.12. The summed E-state index contributed by atoms with van der Waals surface area (Å²) in [5.41, 5.74) is 0.596. The number of nitriles is 1. The molecule has 0 radical (unpaired) electrons. The molecule has 0 saturated carbocycles. The molecule has 0 unspecified atom stereocenters. The van der Waals surface area contributed by atoms with E-state index in [1.165, 1.54) is 13.2 Å². The van der Waals surface area contributed by atoms with Crippen LogP contribution >= 0.6 is 0 Å². The fraction of sp³-hybridized carbons (Fsp3) is 0.500. The Kier molecular flexibility index (Phi) is 9.16. The Labute approximate surface area is 177 Å². The van der Waals surface area contributed by atoms with Crippen molar-refractivity contribution >= 4 is 17.9 Å². The predicted octanol–water partition coefficient (Wildman–Crippen LogP) is 2.14. The first-order valence-corrected chi connectivity index (χ1v) is 10.1. The van der Waals surface area contributed by atoms with Crippen molar-refractivity contribution in [2.24, 2.45) is 0 Å². The quantitative estimate of drug-likeness (QED) is 0.464. The van der Waals surface area contributed by atoms with Gasteiger partial charge in [-0.15, -0.1) is 0 Å². The number of ether oxygens (including phenoxy) is 3. The lowest BCUT2D eigenvalue weighted by atomic mass is 10.1. The summed E-state index contributed by atoms with van der Waals surface area (Å²) in [5, 5.41) is 12.1. The van der Waals surface area contributed by atoms with Crippen molar-refractivity contribution in [1.82, 2.24) is 10.2 Å². The summed E-state index contributed by atoms with van der Waals surface area (Å²) in [6, 6.07) is 6.93. The Balaban J connectivity index is 2.05. The van der Waals surface area contributed by atoms with Gasteiger partial charge in [0.25, 0.3) is 11.8 Å². The van der Waals surface area contributed by atoms with Crippen LogP contribution in [-0.2, 0) is 14.3 Å². The standard InChI is InChI=1S/C22H29N3O5/c1-4-25(5-2)21(26)15-30-19-9-8-16(12-20(19)28-3)11-17(13-23)22(27)24-14-18-7-6-10-29-18/h8-9,11-12,18H,4-7,10,14-15H2,1-3H3,(H,24,27)/b17-11+/t18-/m0/s1. The molecule has 162 valence electrons. The van der Waals surface area contributed by atoms with Gasteiger partial charge in [0.05, 0.1) is 13.2 Å². The summed E-state index contributed by atoms with van der Waals surface area (Å²) < 4.78 is 16.4. The molecule has 1 atom stereocenters. The molecular weight excluding hydrogens is 386 g/mol. The van der Waals surface area contributed by atoms with Crippen molar-refractivity contribution in [3.8, 4) is 17.6 Å². The van der Waals surface area contributed by atoms with E-state index in [-0.39, 0.29) is 24.2 Å². The van der Waals surface area contributed by atoms with Crippen LogP contribution in [-0.4, -0.2) is 62.8 Å². The molecule has 0 aromatic heterocycles. The summed E-state index contributed by atoms with van der Waals surface area (Å²) in [6.45, 7) is 6.05.